The summed E-state index contributed by atoms with van der Waals surface area (Å²) in [4.78, 5) is 3.78. The summed E-state index contributed by atoms with van der Waals surface area (Å²) in [7, 11) is 0. The van der Waals surface area contributed by atoms with Crippen LogP contribution in [0.2, 0.25) is 4.34 Å². The van der Waals surface area contributed by atoms with Gasteiger partial charge in [-0.05, 0) is 23.8 Å². The summed E-state index contributed by atoms with van der Waals surface area (Å²) in [6.07, 6.45) is 0. The van der Waals surface area contributed by atoms with Crippen LogP contribution in [0.5, 0.6) is 5.75 Å². The second-order valence-corrected chi connectivity index (χ2v) is 8.39. The van der Waals surface area contributed by atoms with Gasteiger partial charge in [0.15, 0.2) is 0 Å². The van der Waals surface area contributed by atoms with Crippen molar-refractivity contribution in [3.05, 3.63) is 87.1 Å². The standard InChI is InChI=1S/C22H23ClN2OS/c23-21-11-10-20(27-21)22(25-14-12-24-13-15-25)18-8-4-5-9-19(18)26-16-17-6-2-1-3-7-17/h1-11,22,24H,12-16H2. The second-order valence-electron chi connectivity index (χ2n) is 6.64. The zero-order chi connectivity index (χ0) is 18.5. The van der Waals surface area contributed by atoms with Crippen LogP contribution in [0.3, 0.4) is 0 Å². The van der Waals surface area contributed by atoms with Crippen LogP contribution in [0, 0.1) is 0 Å². The third-order valence-corrected chi connectivity index (χ3v) is 6.11. The van der Waals surface area contributed by atoms with Crippen molar-refractivity contribution in [2.75, 3.05) is 26.2 Å². The van der Waals surface area contributed by atoms with Crippen LogP contribution in [0.4, 0.5) is 0 Å². The van der Waals surface area contributed by atoms with Gasteiger partial charge in [-0.2, -0.15) is 0 Å². The van der Waals surface area contributed by atoms with Gasteiger partial charge in [-0.25, -0.2) is 0 Å². The van der Waals surface area contributed by atoms with E-state index in [-0.39, 0.29) is 6.04 Å². The molecule has 0 radical (unpaired) electrons. The predicted octanol–water partition coefficient (Wildman–Crippen LogP) is 4.98. The minimum atomic E-state index is 0.163. The van der Waals surface area contributed by atoms with Crippen molar-refractivity contribution in [3.63, 3.8) is 0 Å². The van der Waals surface area contributed by atoms with E-state index >= 15 is 0 Å². The maximum atomic E-state index is 6.27. The first-order chi connectivity index (χ1) is 13.3. The molecule has 2 aromatic carbocycles. The third-order valence-electron chi connectivity index (χ3n) is 4.83. The molecule has 1 aromatic heterocycles. The SMILES string of the molecule is Clc1ccc(C(c2ccccc2OCc2ccccc2)N2CCNCC2)s1. The van der Waals surface area contributed by atoms with E-state index in [0.29, 0.717) is 6.61 Å². The van der Waals surface area contributed by atoms with E-state index in [1.807, 2.05) is 30.3 Å². The van der Waals surface area contributed by atoms with Gasteiger partial charge in [0.05, 0.1) is 10.4 Å². The molecule has 1 atom stereocenters. The van der Waals surface area contributed by atoms with Crippen molar-refractivity contribution in [1.82, 2.24) is 10.2 Å². The first-order valence-electron chi connectivity index (χ1n) is 9.27. The fraction of sp³-hybridized carbons (Fsp3) is 0.273. The number of halogens is 1. The zero-order valence-corrected chi connectivity index (χ0v) is 16.7. The molecule has 2 heterocycles. The number of benzene rings is 2. The van der Waals surface area contributed by atoms with Gasteiger partial charge in [0.1, 0.15) is 12.4 Å². The molecule has 0 bridgehead atoms. The van der Waals surface area contributed by atoms with E-state index in [1.54, 1.807) is 11.3 Å². The van der Waals surface area contributed by atoms with Gasteiger partial charge in [-0.15, -0.1) is 11.3 Å². The Labute approximate surface area is 169 Å². The van der Waals surface area contributed by atoms with Crippen LogP contribution >= 0.6 is 22.9 Å². The normalized spacial score (nSPS) is 16.2. The summed E-state index contributed by atoms with van der Waals surface area (Å²) in [6.45, 7) is 4.59. The number of nitrogens with zero attached hydrogens (tertiary/aromatic N) is 1. The van der Waals surface area contributed by atoms with Gasteiger partial charge in [0, 0.05) is 36.6 Å². The first-order valence-corrected chi connectivity index (χ1v) is 10.5. The van der Waals surface area contributed by atoms with Crippen molar-refractivity contribution >= 4 is 22.9 Å². The molecule has 3 nitrogen and oxygen atoms in total. The highest BCUT2D eigenvalue weighted by molar-refractivity contribution is 7.16. The van der Waals surface area contributed by atoms with Gasteiger partial charge in [0.25, 0.3) is 0 Å². The number of nitrogens with one attached hydrogen (secondary N) is 1. The average molecular weight is 399 g/mol. The molecule has 0 spiro atoms. The largest absolute Gasteiger partial charge is 0.489 e. The fourth-order valence-electron chi connectivity index (χ4n) is 3.52. The summed E-state index contributed by atoms with van der Waals surface area (Å²) in [6, 6.07) is 23.0. The highest BCUT2D eigenvalue weighted by atomic mass is 35.5. The minimum Gasteiger partial charge on any atom is -0.489 e. The molecule has 0 saturated carbocycles. The maximum Gasteiger partial charge on any atom is 0.124 e. The quantitative estimate of drug-likeness (QED) is 0.634. The van der Waals surface area contributed by atoms with Gasteiger partial charge < -0.3 is 10.1 Å². The minimum absolute atomic E-state index is 0.163. The highest BCUT2D eigenvalue weighted by Gasteiger charge is 2.27. The number of rotatable bonds is 6. The molecular weight excluding hydrogens is 376 g/mol. The summed E-state index contributed by atoms with van der Waals surface area (Å²) < 4.78 is 7.08. The highest BCUT2D eigenvalue weighted by Crippen LogP contribution is 2.39. The average Bonchev–Trinajstić information content (AvgIpc) is 3.15. The van der Waals surface area contributed by atoms with Crippen molar-refractivity contribution in [1.29, 1.82) is 0 Å². The number of para-hydroxylation sites is 1. The Kier molecular flexibility index (Phi) is 6.10. The molecule has 5 heteroatoms. The smallest absolute Gasteiger partial charge is 0.124 e. The topological polar surface area (TPSA) is 24.5 Å². The molecule has 1 saturated heterocycles. The van der Waals surface area contributed by atoms with Crippen LogP contribution in [0.25, 0.3) is 0 Å². The predicted molar refractivity (Wildman–Crippen MR) is 113 cm³/mol. The Morgan fingerprint density at radius 1 is 0.963 bits per heavy atom. The Morgan fingerprint density at radius 3 is 2.44 bits per heavy atom. The lowest BCUT2D eigenvalue weighted by molar-refractivity contribution is 0.195. The summed E-state index contributed by atoms with van der Waals surface area (Å²) in [5, 5.41) is 3.44. The van der Waals surface area contributed by atoms with Gasteiger partial charge in [-0.1, -0.05) is 60.1 Å². The maximum absolute atomic E-state index is 6.27. The Bertz CT molecular complexity index is 862. The summed E-state index contributed by atoms with van der Waals surface area (Å²) in [5.41, 5.74) is 2.37. The van der Waals surface area contributed by atoms with Crippen LogP contribution in [0.1, 0.15) is 22.0 Å². The lowest BCUT2D eigenvalue weighted by atomic mass is 10.0. The molecule has 1 unspecified atom stereocenters. The molecule has 0 aliphatic carbocycles. The van der Waals surface area contributed by atoms with E-state index < -0.39 is 0 Å². The van der Waals surface area contributed by atoms with Crippen molar-refractivity contribution in [2.45, 2.75) is 12.6 Å². The molecular formula is C22H23ClN2OS. The van der Waals surface area contributed by atoms with Crippen molar-refractivity contribution < 1.29 is 4.74 Å². The molecule has 3 aromatic rings. The molecule has 0 amide bonds. The second kappa shape index (κ2) is 8.89. The fourth-order valence-corrected chi connectivity index (χ4v) is 4.73. The van der Waals surface area contributed by atoms with E-state index in [2.05, 4.69) is 46.6 Å². The molecule has 1 aliphatic rings. The number of hydrogen-bond acceptors (Lipinski definition) is 4. The Morgan fingerprint density at radius 2 is 1.70 bits per heavy atom. The molecule has 27 heavy (non-hydrogen) atoms. The van der Waals surface area contributed by atoms with Crippen LogP contribution < -0.4 is 10.1 Å². The van der Waals surface area contributed by atoms with Crippen LogP contribution in [-0.2, 0) is 6.61 Å². The molecule has 1 N–H and O–H groups in total. The molecule has 1 fully saturated rings. The molecule has 140 valence electrons. The molecule has 4 rings (SSSR count). The van der Waals surface area contributed by atoms with Gasteiger partial charge in [-0.3, -0.25) is 4.90 Å². The number of hydrogen-bond donors (Lipinski definition) is 1. The van der Waals surface area contributed by atoms with Crippen LogP contribution in [-0.4, -0.2) is 31.1 Å². The Hall–Kier alpha value is -1.85. The number of ether oxygens (including phenoxy) is 1. The lowest BCUT2D eigenvalue weighted by Gasteiger charge is -2.35. The number of thiophene rings is 1. The molecule has 1 aliphatic heterocycles. The van der Waals surface area contributed by atoms with E-state index in [0.717, 1.165) is 36.3 Å². The van der Waals surface area contributed by atoms with Gasteiger partial charge >= 0.3 is 0 Å². The van der Waals surface area contributed by atoms with E-state index in [4.69, 9.17) is 16.3 Å². The van der Waals surface area contributed by atoms with Gasteiger partial charge in [0.2, 0.25) is 0 Å². The lowest BCUT2D eigenvalue weighted by Crippen LogP contribution is -2.45. The van der Waals surface area contributed by atoms with E-state index in [1.165, 1.54) is 16.0 Å². The third kappa shape index (κ3) is 4.53. The van der Waals surface area contributed by atoms with Crippen molar-refractivity contribution in [2.24, 2.45) is 0 Å². The van der Waals surface area contributed by atoms with Crippen molar-refractivity contribution in [3.8, 4) is 5.75 Å². The zero-order valence-electron chi connectivity index (χ0n) is 15.1. The summed E-state index contributed by atoms with van der Waals surface area (Å²) in [5.74, 6) is 0.939. The van der Waals surface area contributed by atoms with E-state index in [9.17, 15) is 0 Å². The summed E-state index contributed by atoms with van der Waals surface area (Å²) >= 11 is 7.92. The monoisotopic (exact) mass is 398 g/mol. The number of piperazine rings is 1. The van der Waals surface area contributed by atoms with Crippen LogP contribution in [0.15, 0.2) is 66.7 Å². The Balaban J connectivity index is 1.65. The first kappa shape index (κ1) is 18.5.